The molecule has 2 heteroatoms. The number of rotatable bonds is 5. The zero-order valence-corrected chi connectivity index (χ0v) is 12.6. The lowest BCUT2D eigenvalue weighted by Gasteiger charge is -2.18. The predicted octanol–water partition coefficient (Wildman–Crippen LogP) is 3.35. The average Bonchev–Trinajstić information content (AvgIpc) is 2.46. The van der Waals surface area contributed by atoms with Gasteiger partial charge < -0.3 is 10.6 Å². The summed E-state index contributed by atoms with van der Waals surface area (Å²) in [6.07, 6.45) is 0.995. The predicted molar refractivity (Wildman–Crippen MR) is 87.4 cm³/mol. The summed E-state index contributed by atoms with van der Waals surface area (Å²) in [5, 5.41) is 0. The Labute approximate surface area is 122 Å². The van der Waals surface area contributed by atoms with Crippen LogP contribution in [0.3, 0.4) is 0 Å². The van der Waals surface area contributed by atoms with Gasteiger partial charge in [-0.05, 0) is 48.7 Å². The maximum Gasteiger partial charge on any atom is 0.0361 e. The minimum Gasteiger partial charge on any atom is -0.378 e. The Morgan fingerprint density at radius 3 is 2.20 bits per heavy atom. The molecule has 0 bridgehead atoms. The third-order valence-corrected chi connectivity index (χ3v) is 3.85. The van der Waals surface area contributed by atoms with Crippen LogP contribution in [0.5, 0.6) is 0 Å². The van der Waals surface area contributed by atoms with E-state index >= 15 is 0 Å². The molecule has 0 saturated carbocycles. The number of hydrogen-bond acceptors (Lipinski definition) is 2. The number of aryl methyl sites for hydroxylation is 1. The van der Waals surface area contributed by atoms with E-state index in [2.05, 4.69) is 74.4 Å². The average molecular weight is 268 g/mol. The Morgan fingerprint density at radius 2 is 1.65 bits per heavy atom. The minimum atomic E-state index is 0.390. The molecule has 0 amide bonds. The number of benzene rings is 2. The third-order valence-electron chi connectivity index (χ3n) is 3.85. The van der Waals surface area contributed by atoms with Crippen LogP contribution in [-0.4, -0.2) is 20.6 Å². The van der Waals surface area contributed by atoms with E-state index in [0.29, 0.717) is 12.5 Å². The molecule has 0 radical (unpaired) electrons. The van der Waals surface area contributed by atoms with Crippen molar-refractivity contribution in [1.29, 1.82) is 0 Å². The number of hydrogen-bond donors (Lipinski definition) is 1. The third kappa shape index (κ3) is 3.40. The minimum absolute atomic E-state index is 0.390. The molecule has 0 fully saturated rings. The summed E-state index contributed by atoms with van der Waals surface area (Å²) >= 11 is 0. The van der Waals surface area contributed by atoms with E-state index in [9.17, 15) is 0 Å². The maximum atomic E-state index is 5.99. The highest BCUT2D eigenvalue weighted by molar-refractivity contribution is 5.46. The number of anilines is 1. The molecule has 20 heavy (non-hydrogen) atoms. The molecule has 2 aromatic carbocycles. The lowest BCUT2D eigenvalue weighted by molar-refractivity contribution is 0.690. The summed E-state index contributed by atoms with van der Waals surface area (Å²) < 4.78 is 0. The van der Waals surface area contributed by atoms with Gasteiger partial charge >= 0.3 is 0 Å². The summed E-state index contributed by atoms with van der Waals surface area (Å²) in [4.78, 5) is 2.12. The van der Waals surface area contributed by atoms with E-state index in [0.717, 1.165) is 6.42 Å². The van der Waals surface area contributed by atoms with Crippen molar-refractivity contribution in [3.05, 3.63) is 65.2 Å². The smallest absolute Gasteiger partial charge is 0.0361 e. The molecule has 2 N–H and O–H groups in total. The Kier molecular flexibility index (Phi) is 4.80. The van der Waals surface area contributed by atoms with Gasteiger partial charge in [0, 0.05) is 25.7 Å². The van der Waals surface area contributed by atoms with E-state index in [-0.39, 0.29) is 0 Å². The van der Waals surface area contributed by atoms with Gasteiger partial charge in [-0.15, -0.1) is 0 Å². The van der Waals surface area contributed by atoms with Crippen LogP contribution in [0.15, 0.2) is 48.5 Å². The second-order valence-electron chi connectivity index (χ2n) is 5.55. The van der Waals surface area contributed by atoms with Crippen LogP contribution in [-0.2, 0) is 6.42 Å². The van der Waals surface area contributed by atoms with E-state index in [1.54, 1.807) is 0 Å². The van der Waals surface area contributed by atoms with Crippen molar-refractivity contribution in [3.8, 4) is 0 Å². The zero-order valence-electron chi connectivity index (χ0n) is 12.6. The van der Waals surface area contributed by atoms with Crippen molar-refractivity contribution in [2.45, 2.75) is 19.3 Å². The maximum absolute atomic E-state index is 5.99. The molecule has 0 heterocycles. The Bertz CT molecular complexity index is 544. The highest BCUT2D eigenvalue weighted by atomic mass is 15.1. The van der Waals surface area contributed by atoms with Crippen molar-refractivity contribution in [3.63, 3.8) is 0 Å². The fourth-order valence-corrected chi connectivity index (χ4v) is 2.58. The zero-order chi connectivity index (χ0) is 14.5. The van der Waals surface area contributed by atoms with Crippen molar-refractivity contribution in [2.24, 2.45) is 5.73 Å². The van der Waals surface area contributed by atoms with Crippen molar-refractivity contribution < 1.29 is 0 Å². The van der Waals surface area contributed by atoms with Crippen LogP contribution in [0.25, 0.3) is 0 Å². The first-order valence-corrected chi connectivity index (χ1v) is 7.13. The molecule has 106 valence electrons. The molecule has 0 aliphatic heterocycles. The van der Waals surface area contributed by atoms with E-state index < -0.39 is 0 Å². The van der Waals surface area contributed by atoms with Crippen molar-refractivity contribution >= 4 is 5.69 Å². The van der Waals surface area contributed by atoms with Gasteiger partial charge in [0.2, 0.25) is 0 Å². The van der Waals surface area contributed by atoms with E-state index in [1.807, 2.05) is 0 Å². The highest BCUT2D eigenvalue weighted by Crippen LogP contribution is 2.24. The summed E-state index contributed by atoms with van der Waals surface area (Å²) in [5.41, 5.74) is 11.3. The summed E-state index contributed by atoms with van der Waals surface area (Å²) in [7, 11) is 4.12. The monoisotopic (exact) mass is 268 g/mol. The fraction of sp³-hybridized carbons (Fsp3) is 0.333. The van der Waals surface area contributed by atoms with E-state index in [1.165, 1.54) is 22.4 Å². The molecular formula is C18H24N2. The molecule has 0 aliphatic rings. The van der Waals surface area contributed by atoms with Gasteiger partial charge in [-0.25, -0.2) is 0 Å². The molecule has 2 aromatic rings. The van der Waals surface area contributed by atoms with Gasteiger partial charge in [0.1, 0.15) is 0 Å². The summed E-state index contributed by atoms with van der Waals surface area (Å²) in [6, 6.07) is 17.3. The Hall–Kier alpha value is -1.80. The molecule has 0 spiro atoms. The second-order valence-corrected chi connectivity index (χ2v) is 5.55. The molecule has 1 atom stereocenters. The fourth-order valence-electron chi connectivity index (χ4n) is 2.58. The van der Waals surface area contributed by atoms with Gasteiger partial charge in [-0.2, -0.15) is 0 Å². The summed E-state index contributed by atoms with van der Waals surface area (Å²) in [5.74, 6) is 0.390. The van der Waals surface area contributed by atoms with E-state index in [4.69, 9.17) is 5.73 Å². The van der Waals surface area contributed by atoms with Crippen LogP contribution in [0.4, 0.5) is 5.69 Å². The molecule has 0 aromatic heterocycles. The van der Waals surface area contributed by atoms with Crippen LogP contribution >= 0.6 is 0 Å². The van der Waals surface area contributed by atoms with Crippen LogP contribution in [0.2, 0.25) is 0 Å². The van der Waals surface area contributed by atoms with Gasteiger partial charge in [-0.1, -0.05) is 36.4 Å². The van der Waals surface area contributed by atoms with Gasteiger partial charge in [0.05, 0.1) is 0 Å². The van der Waals surface area contributed by atoms with Gasteiger partial charge in [0.15, 0.2) is 0 Å². The standard InChI is InChI=1S/C18H24N2/c1-14-6-4-5-7-18(14)16(13-19)12-15-8-10-17(11-9-15)20(2)3/h4-11,16H,12-13,19H2,1-3H3. The van der Waals surface area contributed by atoms with Gasteiger partial charge in [0.25, 0.3) is 0 Å². The highest BCUT2D eigenvalue weighted by Gasteiger charge is 2.12. The largest absolute Gasteiger partial charge is 0.378 e. The Balaban J connectivity index is 2.16. The molecule has 2 nitrogen and oxygen atoms in total. The molecular weight excluding hydrogens is 244 g/mol. The number of nitrogens with zero attached hydrogens (tertiary/aromatic N) is 1. The Morgan fingerprint density at radius 1 is 1.00 bits per heavy atom. The first-order chi connectivity index (χ1) is 9.61. The quantitative estimate of drug-likeness (QED) is 0.901. The normalized spacial score (nSPS) is 12.2. The molecule has 0 aliphatic carbocycles. The second kappa shape index (κ2) is 6.58. The molecule has 0 saturated heterocycles. The van der Waals surface area contributed by atoms with Crippen molar-refractivity contribution in [2.75, 3.05) is 25.5 Å². The lowest BCUT2D eigenvalue weighted by atomic mass is 9.89. The first-order valence-electron chi connectivity index (χ1n) is 7.13. The lowest BCUT2D eigenvalue weighted by Crippen LogP contribution is -2.16. The topological polar surface area (TPSA) is 29.3 Å². The van der Waals surface area contributed by atoms with Crippen LogP contribution in [0.1, 0.15) is 22.6 Å². The summed E-state index contributed by atoms with van der Waals surface area (Å²) in [6.45, 7) is 2.84. The van der Waals surface area contributed by atoms with Crippen molar-refractivity contribution in [1.82, 2.24) is 0 Å². The molecule has 1 unspecified atom stereocenters. The first kappa shape index (κ1) is 14.6. The van der Waals surface area contributed by atoms with Crippen LogP contribution < -0.4 is 10.6 Å². The van der Waals surface area contributed by atoms with Gasteiger partial charge in [-0.3, -0.25) is 0 Å². The molecule has 2 rings (SSSR count). The van der Waals surface area contributed by atoms with Crippen LogP contribution in [0, 0.1) is 6.92 Å². The number of nitrogens with two attached hydrogens (primary N) is 1. The SMILES string of the molecule is Cc1ccccc1C(CN)Cc1ccc(N(C)C)cc1.